The van der Waals surface area contributed by atoms with Crippen LogP contribution in [0.1, 0.15) is 22.8 Å². The van der Waals surface area contributed by atoms with Gasteiger partial charge in [0, 0.05) is 12.1 Å². The average molecular weight is 380 g/mol. The lowest BCUT2D eigenvalue weighted by atomic mass is 10.1. The molecule has 0 aliphatic heterocycles. The average Bonchev–Trinajstić information content (AvgIpc) is 2.54. The number of nitrogens with two attached hydrogens (primary N) is 1. The molecule has 4 N–H and O–H groups in total. The molecule has 138 valence electrons. The van der Waals surface area contributed by atoms with Gasteiger partial charge in [-0.05, 0) is 38.1 Å². The molecule has 2 rings (SSSR count). The third-order valence-corrected chi connectivity index (χ3v) is 4.49. The van der Waals surface area contributed by atoms with Crippen molar-refractivity contribution in [3.8, 4) is 5.88 Å². The maximum atomic E-state index is 12.2. The van der Waals surface area contributed by atoms with Gasteiger partial charge >= 0.3 is 0 Å². The summed E-state index contributed by atoms with van der Waals surface area (Å²) in [7, 11) is -4.33. The molecule has 0 aliphatic rings. The van der Waals surface area contributed by atoms with Crippen LogP contribution in [0.25, 0.3) is 0 Å². The minimum atomic E-state index is -4.33. The first-order valence-electron chi connectivity index (χ1n) is 7.33. The first-order valence-corrected chi connectivity index (χ1v) is 8.77. The Hall–Kier alpha value is -3.05. The third kappa shape index (κ3) is 3.63. The summed E-state index contributed by atoms with van der Waals surface area (Å²) in [6, 6.07) is 4.81. The minimum absolute atomic E-state index is 0.0722. The molecular formula is C15H16N4O6S. The van der Waals surface area contributed by atoms with Crippen molar-refractivity contribution in [3.05, 3.63) is 45.7 Å². The van der Waals surface area contributed by atoms with Crippen LogP contribution in [0.15, 0.2) is 44.2 Å². The van der Waals surface area contributed by atoms with Crippen molar-refractivity contribution < 1.29 is 22.9 Å². The van der Waals surface area contributed by atoms with Crippen LogP contribution in [-0.4, -0.2) is 28.6 Å². The lowest BCUT2D eigenvalue weighted by Gasteiger charge is -2.12. The molecule has 0 spiro atoms. The molecule has 1 aromatic carbocycles. The predicted octanol–water partition coefficient (Wildman–Crippen LogP) is 1.64. The van der Waals surface area contributed by atoms with Crippen LogP contribution in [0.5, 0.6) is 5.88 Å². The van der Waals surface area contributed by atoms with Gasteiger partial charge in [0.05, 0.1) is 10.6 Å². The van der Waals surface area contributed by atoms with Crippen LogP contribution in [-0.2, 0) is 16.7 Å². The number of rotatable bonds is 5. The van der Waals surface area contributed by atoms with Gasteiger partial charge in [0.15, 0.2) is 0 Å². The Labute approximate surface area is 148 Å². The molecular weight excluding hydrogens is 364 g/mol. The second-order valence-corrected chi connectivity index (χ2v) is 6.68. The van der Waals surface area contributed by atoms with Crippen LogP contribution in [0, 0.1) is 6.92 Å². The van der Waals surface area contributed by atoms with Crippen molar-refractivity contribution >= 4 is 27.4 Å². The van der Waals surface area contributed by atoms with E-state index in [1.165, 1.54) is 19.1 Å². The number of aromatic nitrogens is 1. The highest BCUT2D eigenvalue weighted by atomic mass is 32.2. The highest BCUT2D eigenvalue weighted by Crippen LogP contribution is 2.32. The zero-order chi connectivity index (χ0) is 19.6. The Bertz CT molecular complexity index is 1060. The van der Waals surface area contributed by atoms with E-state index in [4.69, 9.17) is 10.3 Å². The lowest BCUT2D eigenvalue weighted by molar-refractivity contribution is 0.0997. The van der Waals surface area contributed by atoms with Crippen LogP contribution >= 0.6 is 0 Å². The first kappa shape index (κ1) is 19.3. The monoisotopic (exact) mass is 380 g/mol. The maximum absolute atomic E-state index is 12.2. The molecule has 0 bridgehead atoms. The van der Waals surface area contributed by atoms with E-state index < -0.39 is 27.5 Å². The number of amides is 1. The van der Waals surface area contributed by atoms with E-state index >= 15 is 0 Å². The van der Waals surface area contributed by atoms with Crippen molar-refractivity contribution in [1.82, 2.24) is 4.57 Å². The zero-order valence-corrected chi connectivity index (χ0v) is 14.7. The smallest absolute Gasteiger partial charge is 0.294 e. The molecule has 10 nitrogen and oxygen atoms in total. The number of aromatic hydroxyl groups is 1. The molecule has 0 radical (unpaired) electrons. The summed E-state index contributed by atoms with van der Waals surface area (Å²) in [6.07, 6.45) is 0. The van der Waals surface area contributed by atoms with Gasteiger partial charge in [-0.1, -0.05) is 0 Å². The van der Waals surface area contributed by atoms with E-state index in [0.29, 0.717) is 0 Å². The number of hydrogen-bond donors (Lipinski definition) is 3. The van der Waals surface area contributed by atoms with Crippen LogP contribution in [0.3, 0.4) is 0 Å². The minimum Gasteiger partial charge on any atom is -0.493 e. The number of carbonyl (C=O) groups excluding carboxylic acids is 1. The Morgan fingerprint density at radius 3 is 2.27 bits per heavy atom. The van der Waals surface area contributed by atoms with E-state index in [1.54, 1.807) is 6.92 Å². The Kier molecular flexibility index (Phi) is 5.23. The Morgan fingerprint density at radius 1 is 1.23 bits per heavy atom. The van der Waals surface area contributed by atoms with Crippen LogP contribution in [0.2, 0.25) is 0 Å². The Balaban J connectivity index is 2.56. The molecule has 0 atom stereocenters. The van der Waals surface area contributed by atoms with Gasteiger partial charge < -0.3 is 10.8 Å². The summed E-state index contributed by atoms with van der Waals surface area (Å²) in [5.41, 5.74) is 4.37. The van der Waals surface area contributed by atoms with Crippen molar-refractivity contribution in [3.63, 3.8) is 0 Å². The van der Waals surface area contributed by atoms with E-state index in [0.717, 1.165) is 16.7 Å². The number of nitrogens with zero attached hydrogens (tertiary/aromatic N) is 3. The SMILES string of the molecule is CCn1c(O)c(/N=N/c2ccc(S(=O)(=O)O)cc2)c(C)c(C(N)=O)c1=O. The molecule has 11 heteroatoms. The molecule has 0 saturated heterocycles. The topological polar surface area (TPSA) is 164 Å². The summed E-state index contributed by atoms with van der Waals surface area (Å²) in [5, 5.41) is 17.9. The number of primary amides is 1. The molecule has 0 unspecified atom stereocenters. The van der Waals surface area contributed by atoms with Gasteiger partial charge in [-0.15, -0.1) is 5.11 Å². The van der Waals surface area contributed by atoms with Gasteiger partial charge in [-0.2, -0.15) is 13.5 Å². The molecule has 1 heterocycles. The fraction of sp³-hybridized carbons (Fsp3) is 0.200. The predicted molar refractivity (Wildman–Crippen MR) is 91.7 cm³/mol. The molecule has 0 fully saturated rings. The van der Waals surface area contributed by atoms with Crippen molar-refractivity contribution in [1.29, 1.82) is 0 Å². The van der Waals surface area contributed by atoms with Gasteiger partial charge in [0.25, 0.3) is 21.6 Å². The fourth-order valence-electron chi connectivity index (χ4n) is 2.30. The van der Waals surface area contributed by atoms with E-state index in [-0.39, 0.29) is 33.9 Å². The van der Waals surface area contributed by atoms with E-state index in [2.05, 4.69) is 10.2 Å². The number of hydrogen-bond acceptors (Lipinski definition) is 7. The number of benzene rings is 1. The van der Waals surface area contributed by atoms with Crippen LogP contribution < -0.4 is 11.3 Å². The summed E-state index contributed by atoms with van der Waals surface area (Å²) >= 11 is 0. The summed E-state index contributed by atoms with van der Waals surface area (Å²) in [6.45, 7) is 3.07. The molecule has 26 heavy (non-hydrogen) atoms. The van der Waals surface area contributed by atoms with Gasteiger partial charge in [-0.3, -0.25) is 18.7 Å². The summed E-state index contributed by atoms with van der Waals surface area (Å²) in [4.78, 5) is 23.4. The third-order valence-electron chi connectivity index (χ3n) is 3.62. The van der Waals surface area contributed by atoms with Crippen molar-refractivity contribution in [2.75, 3.05) is 0 Å². The van der Waals surface area contributed by atoms with Gasteiger partial charge in [0.2, 0.25) is 5.88 Å². The first-order chi connectivity index (χ1) is 12.1. The highest BCUT2D eigenvalue weighted by Gasteiger charge is 2.21. The zero-order valence-electron chi connectivity index (χ0n) is 13.9. The standard InChI is InChI=1S/C15H16N4O6S/c1-3-19-14(21)11(13(16)20)8(2)12(15(19)22)18-17-9-4-6-10(7-5-9)26(23,24)25/h4-7,22H,3H2,1-2H3,(H2,16,20)(H,23,24,25)/b18-17+. The lowest BCUT2D eigenvalue weighted by Crippen LogP contribution is -2.30. The maximum Gasteiger partial charge on any atom is 0.294 e. The second-order valence-electron chi connectivity index (χ2n) is 5.25. The fourth-order valence-corrected chi connectivity index (χ4v) is 2.78. The number of azo groups is 1. The van der Waals surface area contributed by atoms with Gasteiger partial charge in [0.1, 0.15) is 11.3 Å². The quantitative estimate of drug-likeness (QED) is 0.527. The normalized spacial score (nSPS) is 11.8. The van der Waals surface area contributed by atoms with E-state index in [9.17, 15) is 23.1 Å². The van der Waals surface area contributed by atoms with Crippen molar-refractivity contribution in [2.45, 2.75) is 25.3 Å². The summed E-state index contributed by atoms with van der Waals surface area (Å²) in [5.74, 6) is -1.43. The largest absolute Gasteiger partial charge is 0.493 e. The van der Waals surface area contributed by atoms with E-state index in [1.807, 2.05) is 0 Å². The summed E-state index contributed by atoms with van der Waals surface area (Å²) < 4.78 is 31.9. The van der Waals surface area contributed by atoms with Crippen LogP contribution in [0.4, 0.5) is 11.4 Å². The second kappa shape index (κ2) is 7.06. The molecule has 2 aromatic rings. The highest BCUT2D eigenvalue weighted by molar-refractivity contribution is 7.85. The number of pyridine rings is 1. The van der Waals surface area contributed by atoms with Gasteiger partial charge in [-0.25, -0.2) is 0 Å². The Morgan fingerprint density at radius 2 is 1.81 bits per heavy atom. The molecule has 0 aliphatic carbocycles. The molecule has 0 saturated carbocycles. The van der Waals surface area contributed by atoms with Crippen molar-refractivity contribution in [2.24, 2.45) is 16.0 Å². The molecule has 1 aromatic heterocycles. The molecule has 1 amide bonds. The number of carbonyl (C=O) groups is 1.